The predicted molar refractivity (Wildman–Crippen MR) is 106 cm³/mol. The Hall–Kier alpha value is -1.83. The largest absolute Gasteiger partial charge is 0.336 e. The molecule has 1 aromatic heterocycles. The molecule has 26 heavy (non-hydrogen) atoms. The minimum Gasteiger partial charge on any atom is -0.336 e. The fourth-order valence-electron chi connectivity index (χ4n) is 3.27. The molecule has 7 heteroatoms. The van der Waals surface area contributed by atoms with Gasteiger partial charge in [-0.25, -0.2) is 0 Å². The summed E-state index contributed by atoms with van der Waals surface area (Å²) in [5, 5.41) is 5.02. The zero-order valence-corrected chi connectivity index (χ0v) is 16.1. The third-order valence-corrected chi connectivity index (χ3v) is 6.64. The van der Waals surface area contributed by atoms with E-state index in [1.807, 2.05) is 23.1 Å². The van der Waals surface area contributed by atoms with Gasteiger partial charge in [-0.3, -0.25) is 14.5 Å². The third-order valence-electron chi connectivity index (χ3n) is 4.71. The Morgan fingerprint density at radius 2 is 2.00 bits per heavy atom. The van der Waals surface area contributed by atoms with E-state index in [-0.39, 0.29) is 11.8 Å². The molecule has 0 unspecified atom stereocenters. The number of rotatable bonds is 3. The van der Waals surface area contributed by atoms with Gasteiger partial charge in [-0.2, -0.15) is 0 Å². The number of hydrogen-bond donors (Lipinski definition) is 1. The van der Waals surface area contributed by atoms with Crippen molar-refractivity contribution in [1.82, 2.24) is 9.80 Å². The van der Waals surface area contributed by atoms with Crippen molar-refractivity contribution in [3.8, 4) is 0 Å². The van der Waals surface area contributed by atoms with E-state index in [4.69, 9.17) is 0 Å². The molecule has 136 valence electrons. The Morgan fingerprint density at radius 3 is 2.77 bits per heavy atom. The number of piperazine rings is 1. The SMILES string of the molecule is O=C1CCSc2ccc(C(=O)N3CCN(Cc4cccs4)CC3)cc2N1. The molecule has 0 aliphatic carbocycles. The topological polar surface area (TPSA) is 52.7 Å². The van der Waals surface area contributed by atoms with Crippen LogP contribution in [0.15, 0.2) is 40.6 Å². The Bertz CT molecular complexity index is 799. The molecule has 1 aromatic carbocycles. The smallest absolute Gasteiger partial charge is 0.254 e. The third kappa shape index (κ3) is 3.95. The molecule has 0 bridgehead atoms. The average molecular weight is 388 g/mol. The van der Waals surface area contributed by atoms with Gasteiger partial charge in [-0.05, 0) is 29.6 Å². The number of benzene rings is 1. The molecule has 0 spiro atoms. The molecule has 2 aromatic rings. The summed E-state index contributed by atoms with van der Waals surface area (Å²) in [6.45, 7) is 4.22. The maximum Gasteiger partial charge on any atom is 0.254 e. The van der Waals surface area contributed by atoms with E-state index in [1.165, 1.54) is 4.88 Å². The lowest BCUT2D eigenvalue weighted by molar-refractivity contribution is -0.115. The number of carbonyl (C=O) groups excluding carboxylic acids is 2. The van der Waals surface area contributed by atoms with Crippen molar-refractivity contribution in [3.63, 3.8) is 0 Å². The second-order valence-corrected chi connectivity index (χ2v) is 8.67. The highest BCUT2D eigenvalue weighted by molar-refractivity contribution is 7.99. The molecule has 1 saturated heterocycles. The standard InChI is InChI=1S/C19H21N3O2S2/c23-18-5-11-26-17-4-3-14(12-16(17)20-18)19(24)22-8-6-21(7-9-22)13-15-2-1-10-25-15/h1-4,10,12H,5-9,11,13H2,(H,20,23). The number of thiophene rings is 1. The second kappa shape index (κ2) is 7.82. The lowest BCUT2D eigenvalue weighted by atomic mass is 10.1. The van der Waals surface area contributed by atoms with Gasteiger partial charge in [0.05, 0.1) is 5.69 Å². The number of nitrogens with zero attached hydrogens (tertiary/aromatic N) is 2. The highest BCUT2D eigenvalue weighted by Crippen LogP contribution is 2.31. The van der Waals surface area contributed by atoms with Crippen LogP contribution in [0.5, 0.6) is 0 Å². The maximum atomic E-state index is 12.9. The first kappa shape index (κ1) is 17.6. The Morgan fingerprint density at radius 1 is 1.15 bits per heavy atom. The number of carbonyl (C=O) groups is 2. The Kier molecular flexibility index (Phi) is 5.28. The summed E-state index contributed by atoms with van der Waals surface area (Å²) in [4.78, 5) is 31.3. The second-order valence-electron chi connectivity index (χ2n) is 6.51. The van der Waals surface area contributed by atoms with Crippen molar-refractivity contribution in [3.05, 3.63) is 46.2 Å². The van der Waals surface area contributed by atoms with E-state index in [9.17, 15) is 9.59 Å². The number of anilines is 1. The van der Waals surface area contributed by atoms with Gasteiger partial charge in [0.15, 0.2) is 0 Å². The van der Waals surface area contributed by atoms with E-state index < -0.39 is 0 Å². The lowest BCUT2D eigenvalue weighted by Crippen LogP contribution is -2.48. The first-order valence-corrected chi connectivity index (χ1v) is 10.7. The molecular weight excluding hydrogens is 366 g/mol. The average Bonchev–Trinajstić information content (AvgIpc) is 3.08. The summed E-state index contributed by atoms with van der Waals surface area (Å²) < 4.78 is 0. The number of nitrogens with one attached hydrogen (secondary N) is 1. The number of thioether (sulfide) groups is 1. The van der Waals surface area contributed by atoms with Crippen LogP contribution in [-0.4, -0.2) is 53.5 Å². The molecule has 1 fully saturated rings. The molecular formula is C19H21N3O2S2. The van der Waals surface area contributed by atoms with Crippen molar-refractivity contribution in [2.45, 2.75) is 17.9 Å². The highest BCUT2D eigenvalue weighted by Gasteiger charge is 2.23. The van der Waals surface area contributed by atoms with Gasteiger partial charge < -0.3 is 10.2 Å². The summed E-state index contributed by atoms with van der Waals surface area (Å²) in [5.41, 5.74) is 1.41. The van der Waals surface area contributed by atoms with Crippen molar-refractivity contribution in [2.24, 2.45) is 0 Å². The lowest BCUT2D eigenvalue weighted by Gasteiger charge is -2.34. The fraction of sp³-hybridized carbons (Fsp3) is 0.368. The van der Waals surface area contributed by atoms with Gasteiger partial charge >= 0.3 is 0 Å². The van der Waals surface area contributed by atoms with Crippen molar-refractivity contribution in [2.75, 3.05) is 37.2 Å². The maximum absolute atomic E-state index is 12.9. The normalized spacial score (nSPS) is 18.2. The van der Waals surface area contributed by atoms with Crippen LogP contribution in [0.3, 0.4) is 0 Å². The molecule has 1 N–H and O–H groups in total. The first-order chi connectivity index (χ1) is 12.7. The van der Waals surface area contributed by atoms with Gasteiger partial charge in [0.25, 0.3) is 5.91 Å². The zero-order chi connectivity index (χ0) is 17.9. The number of hydrogen-bond acceptors (Lipinski definition) is 5. The number of fused-ring (bicyclic) bond motifs is 1. The van der Waals surface area contributed by atoms with Crippen LogP contribution in [0.4, 0.5) is 5.69 Å². The van der Waals surface area contributed by atoms with Crippen molar-refractivity contribution >= 4 is 40.6 Å². The number of amides is 2. The first-order valence-electron chi connectivity index (χ1n) is 8.80. The van der Waals surface area contributed by atoms with Crippen molar-refractivity contribution < 1.29 is 9.59 Å². The summed E-state index contributed by atoms with van der Waals surface area (Å²) in [6, 6.07) is 9.89. The molecule has 5 nitrogen and oxygen atoms in total. The monoisotopic (exact) mass is 387 g/mol. The Balaban J connectivity index is 1.40. The van der Waals surface area contributed by atoms with Crippen LogP contribution in [0.2, 0.25) is 0 Å². The summed E-state index contributed by atoms with van der Waals surface area (Å²) in [6.07, 6.45) is 0.509. The quantitative estimate of drug-likeness (QED) is 0.879. The van der Waals surface area contributed by atoms with Gasteiger partial charge in [-0.15, -0.1) is 23.1 Å². The minimum atomic E-state index is 0.0167. The molecule has 2 aliphatic rings. The van der Waals surface area contributed by atoms with E-state index in [0.29, 0.717) is 12.0 Å². The van der Waals surface area contributed by atoms with Crippen LogP contribution < -0.4 is 5.32 Å². The molecule has 0 saturated carbocycles. The van der Waals surface area contributed by atoms with Crippen LogP contribution in [0.1, 0.15) is 21.7 Å². The molecule has 2 amide bonds. The van der Waals surface area contributed by atoms with E-state index in [1.54, 1.807) is 23.1 Å². The molecule has 2 aliphatic heterocycles. The van der Waals surface area contributed by atoms with E-state index in [2.05, 4.69) is 27.7 Å². The highest BCUT2D eigenvalue weighted by atomic mass is 32.2. The fourth-order valence-corrected chi connectivity index (χ4v) is 4.95. The molecule has 4 rings (SSSR count). The predicted octanol–water partition coefficient (Wildman–Crippen LogP) is 3.14. The van der Waals surface area contributed by atoms with Crippen LogP contribution in [-0.2, 0) is 11.3 Å². The van der Waals surface area contributed by atoms with Gasteiger partial charge in [0.2, 0.25) is 5.91 Å². The van der Waals surface area contributed by atoms with Crippen LogP contribution in [0.25, 0.3) is 0 Å². The van der Waals surface area contributed by atoms with E-state index in [0.717, 1.165) is 49.1 Å². The summed E-state index contributed by atoms with van der Waals surface area (Å²) in [5.74, 6) is 0.841. The molecule has 3 heterocycles. The molecule has 0 radical (unpaired) electrons. The minimum absolute atomic E-state index is 0.0167. The van der Waals surface area contributed by atoms with Crippen molar-refractivity contribution in [1.29, 1.82) is 0 Å². The molecule has 0 atom stereocenters. The van der Waals surface area contributed by atoms with Crippen LogP contribution >= 0.6 is 23.1 Å². The van der Waals surface area contributed by atoms with Crippen LogP contribution in [0, 0.1) is 0 Å². The van der Waals surface area contributed by atoms with Gasteiger partial charge in [0.1, 0.15) is 0 Å². The van der Waals surface area contributed by atoms with Gasteiger partial charge in [-0.1, -0.05) is 6.07 Å². The summed E-state index contributed by atoms with van der Waals surface area (Å²) in [7, 11) is 0. The van der Waals surface area contributed by atoms with Gasteiger partial charge in [0, 0.05) is 60.2 Å². The summed E-state index contributed by atoms with van der Waals surface area (Å²) >= 11 is 3.43. The zero-order valence-electron chi connectivity index (χ0n) is 14.4. The Labute approximate surface area is 161 Å². The van der Waals surface area contributed by atoms with E-state index >= 15 is 0 Å².